The van der Waals surface area contributed by atoms with Crippen molar-refractivity contribution in [1.82, 2.24) is 4.98 Å². The minimum Gasteiger partial charge on any atom is -0.478 e. The molecule has 2 aromatic rings. The summed E-state index contributed by atoms with van der Waals surface area (Å²) in [5, 5.41) is 20.1. The summed E-state index contributed by atoms with van der Waals surface area (Å²) in [6.45, 7) is 0. The third-order valence-corrected chi connectivity index (χ3v) is 2.90. The van der Waals surface area contributed by atoms with Gasteiger partial charge in [0, 0.05) is 11.9 Å². The highest BCUT2D eigenvalue weighted by Crippen LogP contribution is 2.21. The van der Waals surface area contributed by atoms with E-state index in [1.165, 1.54) is 36.5 Å². The topological polar surface area (TPSA) is 103 Å². The molecule has 1 aromatic heterocycles. The first kappa shape index (κ1) is 14.5. The second-order valence-corrected chi connectivity index (χ2v) is 4.41. The van der Waals surface area contributed by atoms with E-state index in [-0.39, 0.29) is 16.3 Å². The highest BCUT2D eigenvalue weighted by Gasteiger charge is 2.12. The van der Waals surface area contributed by atoms with E-state index in [0.717, 1.165) is 0 Å². The summed E-state index contributed by atoms with van der Waals surface area (Å²) < 4.78 is 0. The van der Waals surface area contributed by atoms with Gasteiger partial charge in [0.2, 0.25) is 0 Å². The number of carboxylic acid groups (broad SMARTS) is 1. The summed E-state index contributed by atoms with van der Waals surface area (Å²) in [7, 11) is 0. The first-order chi connectivity index (χ1) is 10.0. The van der Waals surface area contributed by atoms with Crippen LogP contribution in [-0.4, -0.2) is 22.0 Å². The molecule has 0 radical (unpaired) electrons. The Hall–Kier alpha value is -2.91. The minimum absolute atomic E-state index is 0.0214. The number of amides is 1. The molecule has 6 nitrogen and oxygen atoms in total. The maximum absolute atomic E-state index is 11.9. The molecule has 0 bridgehead atoms. The SMILES string of the molecule is N#Cc1ccc(C(=O)Nc2ccc(C(=O)O)c(Cl)c2)nc1. The molecule has 21 heavy (non-hydrogen) atoms. The molecule has 1 heterocycles. The average Bonchev–Trinajstić information content (AvgIpc) is 2.47. The molecule has 0 atom stereocenters. The van der Waals surface area contributed by atoms with E-state index in [9.17, 15) is 9.59 Å². The number of carbonyl (C=O) groups is 2. The lowest BCUT2D eigenvalue weighted by Gasteiger charge is -2.06. The highest BCUT2D eigenvalue weighted by atomic mass is 35.5. The third-order valence-electron chi connectivity index (χ3n) is 2.58. The van der Waals surface area contributed by atoms with Crippen molar-refractivity contribution >= 4 is 29.2 Å². The molecular formula is C14H8ClN3O3. The van der Waals surface area contributed by atoms with Gasteiger partial charge in [0.25, 0.3) is 5.91 Å². The number of hydrogen-bond donors (Lipinski definition) is 2. The summed E-state index contributed by atoms with van der Waals surface area (Å²) in [5.41, 5.74) is 0.778. The van der Waals surface area contributed by atoms with Crippen molar-refractivity contribution in [2.75, 3.05) is 5.32 Å². The van der Waals surface area contributed by atoms with Crippen LogP contribution in [0.2, 0.25) is 5.02 Å². The number of hydrogen-bond acceptors (Lipinski definition) is 4. The number of aromatic nitrogens is 1. The number of rotatable bonds is 3. The first-order valence-corrected chi connectivity index (χ1v) is 6.09. The number of halogens is 1. The van der Waals surface area contributed by atoms with Crippen molar-refractivity contribution in [3.05, 3.63) is 58.4 Å². The van der Waals surface area contributed by atoms with Gasteiger partial charge in [-0.05, 0) is 30.3 Å². The van der Waals surface area contributed by atoms with Gasteiger partial charge in [0.15, 0.2) is 0 Å². The van der Waals surface area contributed by atoms with Gasteiger partial charge < -0.3 is 10.4 Å². The molecule has 1 aromatic carbocycles. The number of aromatic carboxylic acids is 1. The van der Waals surface area contributed by atoms with Crippen LogP contribution in [0.25, 0.3) is 0 Å². The molecule has 0 unspecified atom stereocenters. The molecule has 104 valence electrons. The van der Waals surface area contributed by atoms with Crippen molar-refractivity contribution in [2.24, 2.45) is 0 Å². The number of nitrogens with zero attached hydrogens (tertiary/aromatic N) is 2. The van der Waals surface area contributed by atoms with Crippen molar-refractivity contribution in [1.29, 1.82) is 5.26 Å². The molecule has 0 aliphatic rings. The quantitative estimate of drug-likeness (QED) is 0.906. The normalized spacial score (nSPS) is 9.71. The lowest BCUT2D eigenvalue weighted by atomic mass is 10.2. The van der Waals surface area contributed by atoms with Gasteiger partial charge >= 0.3 is 5.97 Å². The van der Waals surface area contributed by atoms with E-state index in [0.29, 0.717) is 11.3 Å². The van der Waals surface area contributed by atoms with Crippen molar-refractivity contribution < 1.29 is 14.7 Å². The van der Waals surface area contributed by atoms with E-state index in [2.05, 4.69) is 10.3 Å². The number of benzene rings is 1. The number of carbonyl (C=O) groups excluding carboxylic acids is 1. The Kier molecular flexibility index (Phi) is 4.16. The molecule has 7 heteroatoms. The highest BCUT2D eigenvalue weighted by molar-refractivity contribution is 6.33. The Morgan fingerprint density at radius 2 is 2.05 bits per heavy atom. The Morgan fingerprint density at radius 3 is 2.57 bits per heavy atom. The fraction of sp³-hybridized carbons (Fsp3) is 0. The molecule has 2 rings (SSSR count). The van der Waals surface area contributed by atoms with E-state index < -0.39 is 11.9 Å². The second-order valence-electron chi connectivity index (χ2n) is 4.00. The van der Waals surface area contributed by atoms with Crippen LogP contribution < -0.4 is 5.32 Å². The Balaban J connectivity index is 2.17. The molecule has 0 spiro atoms. The average molecular weight is 302 g/mol. The Morgan fingerprint density at radius 1 is 1.29 bits per heavy atom. The van der Waals surface area contributed by atoms with Gasteiger partial charge in [-0.2, -0.15) is 5.26 Å². The third kappa shape index (κ3) is 3.35. The Bertz CT molecular complexity index is 751. The monoisotopic (exact) mass is 301 g/mol. The summed E-state index contributed by atoms with van der Waals surface area (Å²) in [6.07, 6.45) is 1.29. The van der Waals surface area contributed by atoms with Crippen LogP contribution in [0, 0.1) is 11.3 Å². The number of nitriles is 1. The second kappa shape index (κ2) is 6.03. The van der Waals surface area contributed by atoms with E-state index in [1.807, 2.05) is 6.07 Å². The van der Waals surface area contributed by atoms with Crippen molar-refractivity contribution in [3.63, 3.8) is 0 Å². The van der Waals surface area contributed by atoms with Crippen LogP contribution in [0.4, 0.5) is 5.69 Å². The first-order valence-electron chi connectivity index (χ1n) is 5.71. The fourth-order valence-corrected chi connectivity index (χ4v) is 1.82. The largest absolute Gasteiger partial charge is 0.478 e. The summed E-state index contributed by atoms with van der Waals surface area (Å²) in [5.74, 6) is -1.63. The van der Waals surface area contributed by atoms with E-state index in [4.69, 9.17) is 22.0 Å². The van der Waals surface area contributed by atoms with Crippen LogP contribution in [0.3, 0.4) is 0 Å². The molecular weight excluding hydrogens is 294 g/mol. The fourth-order valence-electron chi connectivity index (χ4n) is 1.56. The summed E-state index contributed by atoms with van der Waals surface area (Å²) >= 11 is 5.81. The molecule has 2 N–H and O–H groups in total. The zero-order valence-electron chi connectivity index (χ0n) is 10.5. The van der Waals surface area contributed by atoms with Gasteiger partial charge in [0.05, 0.1) is 16.1 Å². The molecule has 0 aliphatic heterocycles. The van der Waals surface area contributed by atoms with Crippen LogP contribution in [0.15, 0.2) is 36.5 Å². The number of pyridine rings is 1. The smallest absolute Gasteiger partial charge is 0.337 e. The van der Waals surface area contributed by atoms with E-state index >= 15 is 0 Å². The molecule has 1 amide bonds. The summed E-state index contributed by atoms with van der Waals surface area (Å²) in [4.78, 5) is 26.6. The van der Waals surface area contributed by atoms with Gasteiger partial charge in [-0.15, -0.1) is 0 Å². The molecule has 0 fully saturated rings. The zero-order valence-corrected chi connectivity index (χ0v) is 11.3. The minimum atomic E-state index is -1.15. The molecule has 0 aliphatic carbocycles. The lowest BCUT2D eigenvalue weighted by molar-refractivity contribution is 0.0697. The zero-order chi connectivity index (χ0) is 15.4. The Labute approximate surface area is 124 Å². The van der Waals surface area contributed by atoms with E-state index in [1.54, 1.807) is 0 Å². The number of carboxylic acids is 1. The standard InChI is InChI=1S/C14H8ClN3O3/c15-11-5-9(2-3-10(11)14(20)21)18-13(19)12-4-1-8(6-16)7-17-12/h1-5,7H,(H,18,19)(H,20,21). The number of nitrogens with one attached hydrogen (secondary N) is 1. The van der Waals surface area contributed by atoms with Crippen LogP contribution >= 0.6 is 11.6 Å². The van der Waals surface area contributed by atoms with Gasteiger partial charge in [-0.3, -0.25) is 4.79 Å². The van der Waals surface area contributed by atoms with Crippen LogP contribution in [-0.2, 0) is 0 Å². The molecule has 0 saturated heterocycles. The van der Waals surface area contributed by atoms with Crippen molar-refractivity contribution in [2.45, 2.75) is 0 Å². The van der Waals surface area contributed by atoms with Crippen LogP contribution in [0.5, 0.6) is 0 Å². The lowest BCUT2D eigenvalue weighted by Crippen LogP contribution is -2.13. The summed E-state index contributed by atoms with van der Waals surface area (Å²) in [6, 6.07) is 8.86. The maximum atomic E-state index is 11.9. The molecule has 0 saturated carbocycles. The maximum Gasteiger partial charge on any atom is 0.337 e. The van der Waals surface area contributed by atoms with Gasteiger partial charge in [0.1, 0.15) is 11.8 Å². The predicted octanol–water partition coefficient (Wildman–Crippen LogP) is 2.56. The van der Waals surface area contributed by atoms with Crippen LogP contribution in [0.1, 0.15) is 26.4 Å². The van der Waals surface area contributed by atoms with Crippen molar-refractivity contribution in [3.8, 4) is 6.07 Å². The number of anilines is 1. The van der Waals surface area contributed by atoms with Gasteiger partial charge in [-0.25, -0.2) is 9.78 Å². The van der Waals surface area contributed by atoms with Gasteiger partial charge in [-0.1, -0.05) is 11.6 Å². The predicted molar refractivity (Wildman–Crippen MR) is 75.3 cm³/mol.